The molecule has 3 rings (SSSR count). The number of aromatic nitrogens is 3. The van der Waals surface area contributed by atoms with E-state index in [4.69, 9.17) is 4.74 Å². The van der Waals surface area contributed by atoms with E-state index in [1.807, 2.05) is 0 Å². The molecule has 0 bridgehead atoms. The maximum absolute atomic E-state index is 12.3. The Morgan fingerprint density at radius 2 is 2.17 bits per heavy atom. The molecule has 6 heteroatoms. The number of rotatable bonds is 1. The first-order valence-electron chi connectivity index (χ1n) is 6.10. The second-order valence-corrected chi connectivity index (χ2v) is 4.60. The van der Waals surface area contributed by atoms with Crippen molar-refractivity contribution >= 4 is 11.0 Å². The van der Waals surface area contributed by atoms with Gasteiger partial charge in [0.25, 0.3) is 11.1 Å². The minimum absolute atomic E-state index is 0.185. The van der Waals surface area contributed by atoms with Gasteiger partial charge in [0.2, 0.25) is 0 Å². The summed E-state index contributed by atoms with van der Waals surface area (Å²) in [5, 5.41) is 3.02. The van der Waals surface area contributed by atoms with Crippen LogP contribution >= 0.6 is 0 Å². The van der Waals surface area contributed by atoms with Gasteiger partial charge in [0, 0.05) is 19.7 Å². The standard InChI is InChI=1S/C12H15N3O3/c1-14-9(16)6-5-8-11(14)12(17)15(13-8)10-4-2-3-7-18-10/h5-6,10,13H,2-4,7H2,1H3. The van der Waals surface area contributed by atoms with Crippen LogP contribution < -0.4 is 11.1 Å². The molecule has 1 saturated heterocycles. The number of fused-ring (bicyclic) bond motifs is 1. The van der Waals surface area contributed by atoms with E-state index < -0.39 is 0 Å². The fourth-order valence-corrected chi connectivity index (χ4v) is 2.41. The second-order valence-electron chi connectivity index (χ2n) is 4.60. The molecular weight excluding hydrogens is 234 g/mol. The van der Waals surface area contributed by atoms with Gasteiger partial charge in [0.1, 0.15) is 5.52 Å². The first-order chi connectivity index (χ1) is 8.68. The fourth-order valence-electron chi connectivity index (χ4n) is 2.41. The van der Waals surface area contributed by atoms with Crippen LogP contribution in [0, 0.1) is 0 Å². The van der Waals surface area contributed by atoms with Crippen LogP contribution in [-0.4, -0.2) is 21.0 Å². The third-order valence-corrected chi connectivity index (χ3v) is 3.42. The molecule has 1 N–H and O–H groups in total. The van der Waals surface area contributed by atoms with Crippen molar-refractivity contribution in [2.45, 2.75) is 25.5 Å². The largest absolute Gasteiger partial charge is 0.356 e. The summed E-state index contributed by atoms with van der Waals surface area (Å²) in [6.07, 6.45) is 2.66. The monoisotopic (exact) mass is 249 g/mol. The Balaban J connectivity index is 2.20. The van der Waals surface area contributed by atoms with Gasteiger partial charge in [-0.2, -0.15) is 0 Å². The van der Waals surface area contributed by atoms with Crippen LogP contribution in [0.1, 0.15) is 25.5 Å². The van der Waals surface area contributed by atoms with E-state index in [0.29, 0.717) is 17.6 Å². The Bertz CT molecular complexity index is 689. The lowest BCUT2D eigenvalue weighted by Gasteiger charge is -2.22. The zero-order chi connectivity index (χ0) is 12.7. The van der Waals surface area contributed by atoms with Crippen LogP contribution in [-0.2, 0) is 11.8 Å². The summed E-state index contributed by atoms with van der Waals surface area (Å²) in [7, 11) is 1.60. The highest BCUT2D eigenvalue weighted by molar-refractivity contribution is 5.73. The molecule has 2 aromatic heterocycles. The van der Waals surface area contributed by atoms with E-state index in [2.05, 4.69) is 5.10 Å². The number of hydrogen-bond donors (Lipinski definition) is 1. The van der Waals surface area contributed by atoms with Crippen molar-refractivity contribution in [1.82, 2.24) is 14.3 Å². The van der Waals surface area contributed by atoms with Crippen LogP contribution in [0.3, 0.4) is 0 Å². The summed E-state index contributed by atoms with van der Waals surface area (Å²) < 4.78 is 8.45. The third-order valence-electron chi connectivity index (χ3n) is 3.42. The van der Waals surface area contributed by atoms with E-state index in [-0.39, 0.29) is 17.3 Å². The van der Waals surface area contributed by atoms with Crippen LogP contribution in [0.25, 0.3) is 11.0 Å². The van der Waals surface area contributed by atoms with Crippen LogP contribution in [0.15, 0.2) is 21.7 Å². The molecule has 96 valence electrons. The summed E-state index contributed by atoms with van der Waals surface area (Å²) in [6, 6.07) is 3.09. The second kappa shape index (κ2) is 4.13. The number of nitrogens with zero attached hydrogens (tertiary/aromatic N) is 2. The Morgan fingerprint density at radius 1 is 1.33 bits per heavy atom. The number of ether oxygens (including phenoxy) is 1. The maximum atomic E-state index is 12.3. The summed E-state index contributed by atoms with van der Waals surface area (Å²) in [5.41, 5.74) is 0.681. The van der Waals surface area contributed by atoms with Crippen molar-refractivity contribution in [3.63, 3.8) is 0 Å². The van der Waals surface area contributed by atoms with E-state index in [9.17, 15) is 9.59 Å². The van der Waals surface area contributed by atoms with Gasteiger partial charge in [-0.3, -0.25) is 14.7 Å². The number of aryl methyl sites for hydroxylation is 1. The first kappa shape index (κ1) is 11.3. The topological polar surface area (TPSA) is 69.0 Å². The smallest absolute Gasteiger partial charge is 0.293 e. The average Bonchev–Trinajstić information content (AvgIpc) is 2.73. The highest BCUT2D eigenvalue weighted by Gasteiger charge is 2.20. The van der Waals surface area contributed by atoms with E-state index in [1.54, 1.807) is 13.1 Å². The molecule has 1 atom stereocenters. The lowest BCUT2D eigenvalue weighted by atomic mass is 10.2. The van der Waals surface area contributed by atoms with Crippen molar-refractivity contribution in [2.24, 2.45) is 7.05 Å². The van der Waals surface area contributed by atoms with Gasteiger partial charge >= 0.3 is 0 Å². The minimum atomic E-state index is -0.242. The summed E-state index contributed by atoms with van der Waals surface area (Å²) in [5.74, 6) is 0. The van der Waals surface area contributed by atoms with Gasteiger partial charge in [-0.05, 0) is 25.3 Å². The number of aromatic amines is 1. The summed E-state index contributed by atoms with van der Waals surface area (Å²) in [4.78, 5) is 23.8. The van der Waals surface area contributed by atoms with Crippen molar-refractivity contribution < 1.29 is 4.74 Å². The van der Waals surface area contributed by atoms with Crippen LogP contribution in [0.4, 0.5) is 0 Å². The number of nitrogens with one attached hydrogen (secondary N) is 1. The van der Waals surface area contributed by atoms with Gasteiger partial charge < -0.3 is 9.30 Å². The molecule has 0 spiro atoms. The van der Waals surface area contributed by atoms with E-state index in [0.717, 1.165) is 19.3 Å². The lowest BCUT2D eigenvalue weighted by molar-refractivity contribution is -0.0409. The molecular formula is C12H15N3O3. The molecule has 0 radical (unpaired) electrons. The number of H-pyrrole nitrogens is 1. The molecule has 1 fully saturated rings. The minimum Gasteiger partial charge on any atom is -0.356 e. The van der Waals surface area contributed by atoms with E-state index >= 15 is 0 Å². The summed E-state index contributed by atoms with van der Waals surface area (Å²) in [6.45, 7) is 0.672. The van der Waals surface area contributed by atoms with Crippen LogP contribution in [0.5, 0.6) is 0 Å². The lowest BCUT2D eigenvalue weighted by Crippen LogP contribution is -2.28. The normalized spacial score (nSPS) is 20.4. The highest BCUT2D eigenvalue weighted by Crippen LogP contribution is 2.21. The van der Waals surface area contributed by atoms with Crippen molar-refractivity contribution in [3.8, 4) is 0 Å². The van der Waals surface area contributed by atoms with Crippen molar-refractivity contribution in [1.29, 1.82) is 0 Å². The Kier molecular flexibility index (Phi) is 2.59. The zero-order valence-corrected chi connectivity index (χ0v) is 10.2. The molecule has 0 saturated carbocycles. The quantitative estimate of drug-likeness (QED) is 0.810. The Labute approximate surface area is 103 Å². The first-order valence-corrected chi connectivity index (χ1v) is 6.10. The predicted octanol–water partition coefficient (Wildman–Crippen LogP) is 0.727. The molecule has 6 nitrogen and oxygen atoms in total. The van der Waals surface area contributed by atoms with E-state index in [1.165, 1.54) is 15.3 Å². The number of hydrogen-bond acceptors (Lipinski definition) is 3. The molecule has 1 unspecified atom stereocenters. The van der Waals surface area contributed by atoms with Gasteiger partial charge in [-0.25, -0.2) is 4.68 Å². The molecule has 1 aliphatic heterocycles. The van der Waals surface area contributed by atoms with Gasteiger partial charge in [0.15, 0.2) is 6.23 Å². The molecule has 3 heterocycles. The van der Waals surface area contributed by atoms with Crippen LogP contribution in [0.2, 0.25) is 0 Å². The molecule has 0 aliphatic carbocycles. The zero-order valence-electron chi connectivity index (χ0n) is 10.2. The fraction of sp³-hybridized carbons (Fsp3) is 0.500. The highest BCUT2D eigenvalue weighted by atomic mass is 16.5. The average molecular weight is 249 g/mol. The molecule has 1 aliphatic rings. The molecule has 0 aromatic carbocycles. The SMILES string of the molecule is Cn1c(=O)ccc2[nH]n(C3CCCCO3)c(=O)c21. The van der Waals surface area contributed by atoms with Gasteiger partial charge in [-0.1, -0.05) is 0 Å². The molecule has 0 amide bonds. The maximum Gasteiger partial charge on any atom is 0.293 e. The third kappa shape index (κ3) is 1.60. The number of pyridine rings is 1. The molecule has 2 aromatic rings. The molecule has 18 heavy (non-hydrogen) atoms. The van der Waals surface area contributed by atoms with Crippen molar-refractivity contribution in [3.05, 3.63) is 32.8 Å². The van der Waals surface area contributed by atoms with Gasteiger partial charge in [-0.15, -0.1) is 0 Å². The summed E-state index contributed by atoms with van der Waals surface area (Å²) >= 11 is 0. The Morgan fingerprint density at radius 3 is 2.89 bits per heavy atom. The predicted molar refractivity (Wildman–Crippen MR) is 66.6 cm³/mol. The van der Waals surface area contributed by atoms with Crippen molar-refractivity contribution in [2.75, 3.05) is 6.61 Å². The Hall–Kier alpha value is -1.82. The van der Waals surface area contributed by atoms with Gasteiger partial charge in [0.05, 0.1) is 5.52 Å².